The Morgan fingerprint density at radius 1 is 1.23 bits per heavy atom. The van der Waals surface area contributed by atoms with Gasteiger partial charge in [-0.25, -0.2) is 9.78 Å². The Hall–Kier alpha value is -1.37. The molecule has 6 nitrogen and oxygen atoms in total. The lowest BCUT2D eigenvalue weighted by atomic mass is 10.1. The Balaban J connectivity index is 2.27. The number of hydrogen-bond donors (Lipinski definition) is 0. The van der Waals surface area contributed by atoms with Gasteiger partial charge in [0.25, 0.3) is 0 Å². The molecule has 2 aromatic heterocycles. The fraction of sp³-hybridized carbons (Fsp3) is 0.611. The Kier molecular flexibility index (Phi) is 5.75. The molecule has 1 fully saturated rings. The van der Waals surface area contributed by atoms with E-state index in [9.17, 15) is 4.79 Å². The number of rotatable bonds is 4. The van der Waals surface area contributed by atoms with Gasteiger partial charge in [-0.1, -0.05) is 37.0 Å². The quantitative estimate of drug-likeness (QED) is 0.737. The molecule has 8 heteroatoms. The fourth-order valence-electron chi connectivity index (χ4n) is 3.76. The molecule has 0 aliphatic carbocycles. The molecule has 0 amide bonds. The lowest BCUT2D eigenvalue weighted by Gasteiger charge is -2.39. The van der Waals surface area contributed by atoms with E-state index in [2.05, 4.69) is 47.6 Å². The van der Waals surface area contributed by atoms with Crippen LogP contribution in [0.25, 0.3) is 11.0 Å². The third-order valence-corrected chi connectivity index (χ3v) is 5.87. The van der Waals surface area contributed by atoms with Crippen LogP contribution in [-0.4, -0.2) is 52.2 Å². The predicted molar refractivity (Wildman–Crippen MR) is 108 cm³/mol. The second-order valence-electron chi connectivity index (χ2n) is 7.00. The maximum atomic E-state index is 12.9. The second-order valence-corrected chi connectivity index (χ2v) is 7.76. The van der Waals surface area contributed by atoms with Crippen LogP contribution in [0.4, 0.5) is 5.82 Å². The average molecular weight is 398 g/mol. The Labute approximate surface area is 163 Å². The van der Waals surface area contributed by atoms with Crippen LogP contribution in [0.1, 0.15) is 39.7 Å². The largest absolute Gasteiger partial charge is 0.351 e. The molecule has 1 saturated heterocycles. The first kappa shape index (κ1) is 19.4. The summed E-state index contributed by atoms with van der Waals surface area (Å²) in [4.78, 5) is 26.3. The molecule has 3 heterocycles. The molecule has 3 rings (SSSR count). The SMILES string of the molecule is CCC(CC)n1c(=O)nc(N2CCN(C)CC2C)c2cc(Cl)c(Cl)nc21. The summed E-state index contributed by atoms with van der Waals surface area (Å²) in [5.74, 6) is 0.652. The monoisotopic (exact) mass is 397 g/mol. The zero-order chi connectivity index (χ0) is 19.0. The van der Waals surface area contributed by atoms with E-state index < -0.39 is 0 Å². The first-order valence-electron chi connectivity index (χ1n) is 9.10. The number of aromatic nitrogens is 3. The van der Waals surface area contributed by atoms with Crippen LogP contribution in [0.5, 0.6) is 0 Å². The molecule has 1 aliphatic heterocycles. The van der Waals surface area contributed by atoms with E-state index in [1.54, 1.807) is 10.6 Å². The standard InChI is InChI=1S/C18H25Cl2N5O/c1-5-12(6-2)25-17-13(9-14(19)15(20)21-17)16(22-18(25)26)24-8-7-23(4)10-11(24)3/h9,11-12H,5-8,10H2,1-4H3. The lowest BCUT2D eigenvalue weighted by Crippen LogP contribution is -2.51. The first-order valence-corrected chi connectivity index (χ1v) is 9.86. The van der Waals surface area contributed by atoms with E-state index in [0.29, 0.717) is 16.5 Å². The van der Waals surface area contributed by atoms with Crippen LogP contribution in [0, 0.1) is 0 Å². The summed E-state index contributed by atoms with van der Waals surface area (Å²) in [6.45, 7) is 8.88. The summed E-state index contributed by atoms with van der Waals surface area (Å²) >= 11 is 12.5. The Bertz CT molecular complexity index is 865. The number of halogens is 2. The summed E-state index contributed by atoms with van der Waals surface area (Å²) in [6, 6.07) is 2.06. The van der Waals surface area contributed by atoms with Crippen molar-refractivity contribution < 1.29 is 0 Å². The highest BCUT2D eigenvalue weighted by Gasteiger charge is 2.27. The van der Waals surface area contributed by atoms with E-state index in [0.717, 1.165) is 37.9 Å². The van der Waals surface area contributed by atoms with Gasteiger partial charge in [0.05, 0.1) is 10.4 Å². The van der Waals surface area contributed by atoms with Gasteiger partial charge in [0.2, 0.25) is 0 Å². The van der Waals surface area contributed by atoms with Crippen molar-refractivity contribution in [3.05, 3.63) is 26.7 Å². The second kappa shape index (κ2) is 7.71. The molecular formula is C18H25Cl2N5O. The van der Waals surface area contributed by atoms with Crippen molar-refractivity contribution in [3.8, 4) is 0 Å². The van der Waals surface area contributed by atoms with Crippen LogP contribution >= 0.6 is 23.2 Å². The summed E-state index contributed by atoms with van der Waals surface area (Å²) in [7, 11) is 2.10. The van der Waals surface area contributed by atoms with Crippen LogP contribution < -0.4 is 10.6 Å². The maximum Gasteiger partial charge on any atom is 0.351 e. The molecule has 1 atom stereocenters. The molecule has 0 aromatic carbocycles. The van der Waals surface area contributed by atoms with Crippen LogP contribution in [0.3, 0.4) is 0 Å². The molecule has 0 bridgehead atoms. The number of fused-ring (bicyclic) bond motifs is 1. The van der Waals surface area contributed by atoms with Gasteiger partial charge in [-0.15, -0.1) is 0 Å². The van der Waals surface area contributed by atoms with Crippen LogP contribution in [0.15, 0.2) is 10.9 Å². The third kappa shape index (κ3) is 3.42. The fourth-order valence-corrected chi connectivity index (χ4v) is 4.04. The first-order chi connectivity index (χ1) is 12.4. The molecule has 2 aromatic rings. The van der Waals surface area contributed by atoms with Gasteiger partial charge in [-0.2, -0.15) is 4.98 Å². The minimum absolute atomic E-state index is 0.0289. The lowest BCUT2D eigenvalue weighted by molar-refractivity contribution is 0.275. The third-order valence-electron chi connectivity index (χ3n) is 5.20. The zero-order valence-electron chi connectivity index (χ0n) is 15.7. The molecule has 0 saturated carbocycles. The Morgan fingerprint density at radius 2 is 1.92 bits per heavy atom. The minimum atomic E-state index is -0.279. The van der Waals surface area contributed by atoms with Crippen molar-refractivity contribution in [3.63, 3.8) is 0 Å². The average Bonchev–Trinajstić information content (AvgIpc) is 2.59. The molecule has 0 spiro atoms. The van der Waals surface area contributed by atoms with Crippen molar-refractivity contribution in [2.45, 2.75) is 45.7 Å². The number of pyridine rings is 1. The summed E-state index contributed by atoms with van der Waals surface area (Å²) in [6.07, 6.45) is 1.64. The van der Waals surface area contributed by atoms with Gasteiger partial charge < -0.3 is 9.80 Å². The van der Waals surface area contributed by atoms with Crippen molar-refractivity contribution in [1.29, 1.82) is 0 Å². The number of anilines is 1. The molecule has 1 unspecified atom stereocenters. The highest BCUT2D eigenvalue weighted by molar-refractivity contribution is 6.41. The highest BCUT2D eigenvalue weighted by atomic mass is 35.5. The summed E-state index contributed by atoms with van der Waals surface area (Å²) in [5, 5.41) is 1.36. The minimum Gasteiger partial charge on any atom is -0.351 e. The van der Waals surface area contributed by atoms with Crippen LogP contribution in [-0.2, 0) is 0 Å². The normalized spacial score (nSPS) is 18.9. The van der Waals surface area contributed by atoms with E-state index in [4.69, 9.17) is 23.2 Å². The van der Waals surface area contributed by atoms with E-state index >= 15 is 0 Å². The summed E-state index contributed by atoms with van der Waals surface area (Å²) < 4.78 is 1.67. The van der Waals surface area contributed by atoms with Crippen molar-refractivity contribution in [2.24, 2.45) is 0 Å². The van der Waals surface area contributed by atoms with E-state index in [1.807, 2.05) is 0 Å². The van der Waals surface area contributed by atoms with Gasteiger partial charge in [0.1, 0.15) is 16.6 Å². The smallest absolute Gasteiger partial charge is 0.351 e. The van der Waals surface area contributed by atoms with E-state index in [-0.39, 0.29) is 22.9 Å². The van der Waals surface area contributed by atoms with Gasteiger partial charge in [-0.3, -0.25) is 4.57 Å². The molecule has 142 valence electrons. The number of nitrogens with zero attached hydrogens (tertiary/aromatic N) is 5. The van der Waals surface area contributed by atoms with Crippen molar-refractivity contribution in [1.82, 2.24) is 19.4 Å². The zero-order valence-corrected chi connectivity index (χ0v) is 17.2. The Morgan fingerprint density at radius 3 is 2.54 bits per heavy atom. The van der Waals surface area contributed by atoms with Crippen molar-refractivity contribution >= 4 is 40.1 Å². The van der Waals surface area contributed by atoms with Gasteiger partial charge >= 0.3 is 5.69 Å². The topological polar surface area (TPSA) is 54.3 Å². The predicted octanol–water partition coefficient (Wildman–Crippen LogP) is 3.60. The maximum absolute atomic E-state index is 12.9. The van der Waals surface area contributed by atoms with Gasteiger partial charge in [0.15, 0.2) is 0 Å². The molecule has 0 radical (unpaired) electrons. The van der Waals surface area contributed by atoms with Crippen molar-refractivity contribution in [2.75, 3.05) is 31.6 Å². The highest BCUT2D eigenvalue weighted by Crippen LogP contribution is 2.32. The molecule has 1 aliphatic rings. The number of hydrogen-bond acceptors (Lipinski definition) is 5. The van der Waals surface area contributed by atoms with Gasteiger partial charge in [-0.05, 0) is 32.9 Å². The van der Waals surface area contributed by atoms with Crippen LogP contribution in [0.2, 0.25) is 10.2 Å². The van der Waals surface area contributed by atoms with Gasteiger partial charge in [0, 0.05) is 31.7 Å². The molecular weight excluding hydrogens is 373 g/mol. The molecule has 26 heavy (non-hydrogen) atoms. The number of likely N-dealkylation sites (N-methyl/N-ethyl adjacent to an activating group) is 1. The molecule has 0 N–H and O–H groups in total. The van der Waals surface area contributed by atoms with E-state index in [1.165, 1.54) is 0 Å². The number of piperazine rings is 1. The summed E-state index contributed by atoms with van der Waals surface area (Å²) in [5.41, 5.74) is 0.285.